The van der Waals surface area contributed by atoms with Crippen molar-refractivity contribution in [2.75, 3.05) is 0 Å². The van der Waals surface area contributed by atoms with Gasteiger partial charge in [0.2, 0.25) is 0 Å². The molecule has 1 aromatic rings. The molecular formula is C12H15ClO2. The fourth-order valence-corrected chi connectivity index (χ4v) is 1.23. The third-order valence-electron chi connectivity index (χ3n) is 2.18. The predicted molar refractivity (Wildman–Crippen MR) is 61.5 cm³/mol. The minimum Gasteiger partial charge on any atom is -0.482 e. The van der Waals surface area contributed by atoms with E-state index in [1.54, 1.807) is 6.92 Å². The molecule has 3 heteroatoms. The van der Waals surface area contributed by atoms with Gasteiger partial charge in [-0.3, -0.25) is 4.79 Å². The molecular weight excluding hydrogens is 212 g/mol. The topological polar surface area (TPSA) is 26.3 Å². The second-order valence-corrected chi connectivity index (χ2v) is 4.16. The molecule has 0 N–H and O–H groups in total. The quantitative estimate of drug-likeness (QED) is 0.736. The predicted octanol–water partition coefficient (Wildman–Crippen LogP) is 3.34. The Hall–Kier alpha value is -1.02. The molecule has 0 saturated carbocycles. The van der Waals surface area contributed by atoms with Crippen LogP contribution < -0.4 is 4.74 Å². The van der Waals surface area contributed by atoms with Crippen LogP contribution in [0.25, 0.3) is 0 Å². The molecule has 0 aliphatic rings. The monoisotopic (exact) mass is 226 g/mol. The first-order valence-electron chi connectivity index (χ1n) is 4.96. The van der Waals surface area contributed by atoms with Gasteiger partial charge in [-0.25, -0.2) is 0 Å². The number of ether oxygens (including phenoxy) is 1. The molecule has 82 valence electrons. The number of halogens is 1. The van der Waals surface area contributed by atoms with Gasteiger partial charge in [0.15, 0.2) is 6.10 Å². The second-order valence-electron chi connectivity index (χ2n) is 3.79. The smallest absolute Gasteiger partial charge is 0.262 e. The third-order valence-corrected chi connectivity index (χ3v) is 2.49. The van der Waals surface area contributed by atoms with Crippen LogP contribution in [-0.2, 0) is 4.79 Å². The van der Waals surface area contributed by atoms with Crippen LogP contribution in [0.5, 0.6) is 5.75 Å². The van der Waals surface area contributed by atoms with Gasteiger partial charge >= 0.3 is 0 Å². The Balaban J connectivity index is 2.68. The van der Waals surface area contributed by atoms with Gasteiger partial charge in [-0.1, -0.05) is 26.0 Å². The fraction of sp³-hybridized carbons (Fsp3) is 0.417. The normalized spacial score (nSPS) is 12.6. The van der Waals surface area contributed by atoms with E-state index in [4.69, 9.17) is 16.3 Å². The lowest BCUT2D eigenvalue weighted by Crippen LogP contribution is -2.18. The second kappa shape index (κ2) is 5.17. The van der Waals surface area contributed by atoms with Gasteiger partial charge in [0.05, 0.1) is 0 Å². The zero-order valence-corrected chi connectivity index (χ0v) is 9.91. The SMILES string of the molecule is CC(C)c1ccc(O[C@@H](C)C(=O)Cl)cc1. The maximum Gasteiger partial charge on any atom is 0.262 e. The van der Waals surface area contributed by atoms with Crippen LogP contribution in [0.2, 0.25) is 0 Å². The molecule has 0 spiro atoms. The average molecular weight is 227 g/mol. The Morgan fingerprint density at radius 3 is 2.13 bits per heavy atom. The van der Waals surface area contributed by atoms with E-state index in [-0.39, 0.29) is 0 Å². The molecule has 0 heterocycles. The maximum absolute atomic E-state index is 10.8. The van der Waals surface area contributed by atoms with Gasteiger partial charge in [0, 0.05) is 0 Å². The van der Waals surface area contributed by atoms with Gasteiger partial charge in [0.25, 0.3) is 5.24 Å². The molecule has 0 bridgehead atoms. The third kappa shape index (κ3) is 3.56. The van der Waals surface area contributed by atoms with Crippen molar-refractivity contribution in [2.45, 2.75) is 32.8 Å². The number of rotatable bonds is 4. The zero-order valence-electron chi connectivity index (χ0n) is 9.16. The Bertz CT molecular complexity index is 330. The van der Waals surface area contributed by atoms with E-state index < -0.39 is 11.3 Å². The van der Waals surface area contributed by atoms with Crippen LogP contribution in [0.1, 0.15) is 32.3 Å². The van der Waals surface area contributed by atoms with Crippen molar-refractivity contribution in [3.05, 3.63) is 29.8 Å². The molecule has 1 rings (SSSR count). The summed E-state index contributed by atoms with van der Waals surface area (Å²) in [6.45, 7) is 5.88. The summed E-state index contributed by atoms with van der Waals surface area (Å²) < 4.78 is 5.33. The first-order chi connectivity index (χ1) is 7.00. The van der Waals surface area contributed by atoms with Gasteiger partial charge in [0.1, 0.15) is 5.75 Å². The highest BCUT2D eigenvalue weighted by atomic mass is 35.5. The summed E-state index contributed by atoms with van der Waals surface area (Å²) in [6.07, 6.45) is -0.600. The van der Waals surface area contributed by atoms with Crippen LogP contribution in [0.15, 0.2) is 24.3 Å². The molecule has 0 aliphatic heterocycles. The lowest BCUT2D eigenvalue weighted by Gasteiger charge is -2.11. The highest BCUT2D eigenvalue weighted by Gasteiger charge is 2.11. The summed E-state index contributed by atoms with van der Waals surface area (Å²) in [5.41, 5.74) is 1.24. The number of carbonyl (C=O) groups is 1. The molecule has 0 saturated heterocycles. The van der Waals surface area contributed by atoms with E-state index in [9.17, 15) is 4.79 Å². The van der Waals surface area contributed by atoms with E-state index in [1.165, 1.54) is 5.56 Å². The van der Waals surface area contributed by atoms with E-state index in [2.05, 4.69) is 13.8 Å². The molecule has 1 atom stereocenters. The maximum atomic E-state index is 10.8. The molecule has 1 aromatic carbocycles. The fourth-order valence-electron chi connectivity index (χ4n) is 1.18. The zero-order chi connectivity index (χ0) is 11.4. The molecule has 2 nitrogen and oxygen atoms in total. The molecule has 15 heavy (non-hydrogen) atoms. The van der Waals surface area contributed by atoms with Crippen LogP contribution in [-0.4, -0.2) is 11.3 Å². The van der Waals surface area contributed by atoms with Crippen molar-refractivity contribution in [1.82, 2.24) is 0 Å². The molecule has 0 unspecified atom stereocenters. The number of benzene rings is 1. The van der Waals surface area contributed by atoms with Crippen LogP contribution in [0.3, 0.4) is 0 Å². The molecule has 0 fully saturated rings. The lowest BCUT2D eigenvalue weighted by molar-refractivity contribution is -0.117. The van der Waals surface area contributed by atoms with Crippen molar-refractivity contribution in [3.63, 3.8) is 0 Å². The van der Waals surface area contributed by atoms with Gasteiger partial charge in [-0.2, -0.15) is 0 Å². The molecule has 0 amide bonds. The summed E-state index contributed by atoms with van der Waals surface area (Å²) in [4.78, 5) is 10.8. The van der Waals surface area contributed by atoms with Gasteiger partial charge in [-0.15, -0.1) is 0 Å². The average Bonchev–Trinajstić information content (AvgIpc) is 2.18. The van der Waals surface area contributed by atoms with E-state index in [0.717, 1.165) is 0 Å². The number of hydrogen-bond acceptors (Lipinski definition) is 2. The van der Waals surface area contributed by atoms with Crippen molar-refractivity contribution in [1.29, 1.82) is 0 Å². The van der Waals surface area contributed by atoms with Crippen LogP contribution in [0, 0.1) is 0 Å². The summed E-state index contributed by atoms with van der Waals surface area (Å²) in [7, 11) is 0. The molecule has 0 aromatic heterocycles. The Morgan fingerprint density at radius 2 is 1.73 bits per heavy atom. The van der Waals surface area contributed by atoms with Crippen molar-refractivity contribution in [3.8, 4) is 5.75 Å². The van der Waals surface area contributed by atoms with Crippen LogP contribution in [0.4, 0.5) is 0 Å². The van der Waals surface area contributed by atoms with E-state index in [1.807, 2.05) is 24.3 Å². The Kier molecular flexibility index (Phi) is 4.15. The standard InChI is InChI=1S/C12H15ClO2/c1-8(2)10-4-6-11(7-5-10)15-9(3)12(13)14/h4-9H,1-3H3/t9-/m0/s1. The van der Waals surface area contributed by atoms with Crippen molar-refractivity contribution in [2.24, 2.45) is 0 Å². The molecule has 0 radical (unpaired) electrons. The highest BCUT2D eigenvalue weighted by molar-refractivity contribution is 6.64. The summed E-state index contributed by atoms with van der Waals surface area (Å²) in [6, 6.07) is 7.69. The Labute approximate surface area is 95.2 Å². The summed E-state index contributed by atoms with van der Waals surface area (Å²) >= 11 is 5.30. The summed E-state index contributed by atoms with van der Waals surface area (Å²) in [5.74, 6) is 1.16. The Morgan fingerprint density at radius 1 is 1.20 bits per heavy atom. The van der Waals surface area contributed by atoms with E-state index >= 15 is 0 Å². The minimum absolute atomic E-state index is 0.483. The van der Waals surface area contributed by atoms with Crippen molar-refractivity contribution >= 4 is 16.8 Å². The summed E-state index contributed by atoms with van der Waals surface area (Å²) in [5, 5.41) is -0.483. The van der Waals surface area contributed by atoms with Gasteiger partial charge < -0.3 is 4.74 Å². The van der Waals surface area contributed by atoms with Crippen LogP contribution >= 0.6 is 11.6 Å². The minimum atomic E-state index is -0.600. The first-order valence-corrected chi connectivity index (χ1v) is 5.34. The first kappa shape index (κ1) is 12.1. The van der Waals surface area contributed by atoms with E-state index in [0.29, 0.717) is 11.7 Å². The molecule has 0 aliphatic carbocycles. The lowest BCUT2D eigenvalue weighted by atomic mass is 10.0. The van der Waals surface area contributed by atoms with Gasteiger partial charge in [-0.05, 0) is 42.1 Å². The largest absolute Gasteiger partial charge is 0.482 e. The highest BCUT2D eigenvalue weighted by Crippen LogP contribution is 2.19. The number of hydrogen-bond donors (Lipinski definition) is 0. The van der Waals surface area contributed by atoms with Crippen molar-refractivity contribution < 1.29 is 9.53 Å². The number of carbonyl (C=O) groups excluding carboxylic acids is 1.